The van der Waals surface area contributed by atoms with Crippen molar-refractivity contribution in [3.05, 3.63) is 48.3 Å². The minimum Gasteiger partial charge on any atom is -0.450 e. The van der Waals surface area contributed by atoms with Crippen molar-refractivity contribution in [3.8, 4) is 5.69 Å². The second-order valence-corrected chi connectivity index (χ2v) is 7.87. The Hall–Kier alpha value is -2.38. The molecule has 156 valence electrons. The fourth-order valence-corrected chi connectivity index (χ4v) is 4.39. The average Bonchev–Trinajstić information content (AvgIpc) is 3.30. The molecule has 4 rings (SSSR count). The Morgan fingerprint density at radius 3 is 2.62 bits per heavy atom. The van der Waals surface area contributed by atoms with E-state index in [1.807, 2.05) is 28.8 Å². The lowest BCUT2D eigenvalue weighted by Crippen LogP contribution is -2.55. The van der Waals surface area contributed by atoms with Crippen molar-refractivity contribution >= 4 is 6.09 Å². The maximum Gasteiger partial charge on any atom is 0.409 e. The molecule has 29 heavy (non-hydrogen) atoms. The van der Waals surface area contributed by atoms with Crippen LogP contribution >= 0.6 is 0 Å². The van der Waals surface area contributed by atoms with Crippen LogP contribution < -0.4 is 0 Å². The van der Waals surface area contributed by atoms with Gasteiger partial charge in [0.15, 0.2) is 0 Å². The Morgan fingerprint density at radius 2 is 1.93 bits per heavy atom. The molecular weight excluding hydrogens is 366 g/mol. The summed E-state index contributed by atoms with van der Waals surface area (Å²) in [6.07, 6.45) is 6.07. The van der Waals surface area contributed by atoms with Crippen molar-refractivity contribution in [1.29, 1.82) is 0 Å². The Labute approximate surface area is 172 Å². The van der Waals surface area contributed by atoms with Crippen LogP contribution in [0.25, 0.3) is 5.69 Å². The van der Waals surface area contributed by atoms with Crippen LogP contribution in [0.5, 0.6) is 0 Å². The zero-order valence-electron chi connectivity index (χ0n) is 17.2. The van der Waals surface area contributed by atoms with E-state index in [1.54, 1.807) is 6.20 Å². The normalized spacial score (nSPS) is 21.3. The van der Waals surface area contributed by atoms with Gasteiger partial charge < -0.3 is 9.64 Å². The standard InChI is InChI=1S/C22H31N5O2/c1-2-29-22(28)26-15-13-25(14-16-26)21-5-3-11-24(18-21)17-19-6-8-20(9-7-19)27-12-4-10-23-27/h4,6-10,12,21H,2-3,5,11,13-18H2,1H3. The number of aromatic nitrogens is 2. The van der Waals surface area contributed by atoms with Crippen molar-refractivity contribution < 1.29 is 9.53 Å². The molecule has 3 heterocycles. The number of nitrogens with zero attached hydrogens (tertiary/aromatic N) is 5. The summed E-state index contributed by atoms with van der Waals surface area (Å²) in [4.78, 5) is 18.9. The van der Waals surface area contributed by atoms with Crippen LogP contribution in [0.4, 0.5) is 4.79 Å². The number of piperazine rings is 1. The zero-order valence-corrected chi connectivity index (χ0v) is 17.2. The van der Waals surface area contributed by atoms with E-state index in [0.29, 0.717) is 12.6 Å². The molecule has 7 nitrogen and oxygen atoms in total. The summed E-state index contributed by atoms with van der Waals surface area (Å²) < 4.78 is 7.02. The van der Waals surface area contributed by atoms with Crippen LogP contribution in [0.3, 0.4) is 0 Å². The summed E-state index contributed by atoms with van der Waals surface area (Å²) in [5.74, 6) is 0. The number of likely N-dealkylation sites (tertiary alicyclic amines) is 1. The molecule has 2 aliphatic heterocycles. The molecule has 1 aromatic heterocycles. The van der Waals surface area contributed by atoms with Gasteiger partial charge in [0.2, 0.25) is 0 Å². The first-order valence-electron chi connectivity index (χ1n) is 10.7. The summed E-state index contributed by atoms with van der Waals surface area (Å²) >= 11 is 0. The predicted molar refractivity (Wildman–Crippen MR) is 112 cm³/mol. The molecule has 7 heteroatoms. The third-order valence-electron chi connectivity index (χ3n) is 5.95. The van der Waals surface area contributed by atoms with Gasteiger partial charge >= 0.3 is 6.09 Å². The number of hydrogen-bond donors (Lipinski definition) is 0. The predicted octanol–water partition coefficient (Wildman–Crippen LogP) is 2.61. The molecule has 0 aliphatic carbocycles. The number of carbonyl (C=O) groups excluding carboxylic acids is 1. The molecule has 2 saturated heterocycles. The fourth-order valence-electron chi connectivity index (χ4n) is 4.39. The van der Waals surface area contributed by atoms with Crippen molar-refractivity contribution in [1.82, 2.24) is 24.5 Å². The first kappa shape index (κ1) is 19.9. The van der Waals surface area contributed by atoms with Gasteiger partial charge in [-0.05, 0) is 50.1 Å². The van der Waals surface area contributed by atoms with Gasteiger partial charge in [-0.1, -0.05) is 12.1 Å². The highest BCUT2D eigenvalue weighted by molar-refractivity contribution is 5.67. The lowest BCUT2D eigenvalue weighted by molar-refractivity contribution is 0.0412. The molecule has 1 aromatic carbocycles. The van der Waals surface area contributed by atoms with E-state index < -0.39 is 0 Å². The second-order valence-electron chi connectivity index (χ2n) is 7.87. The van der Waals surface area contributed by atoms with Gasteiger partial charge in [0.05, 0.1) is 12.3 Å². The third-order valence-corrected chi connectivity index (χ3v) is 5.95. The summed E-state index contributed by atoms with van der Waals surface area (Å²) in [7, 11) is 0. The van der Waals surface area contributed by atoms with Crippen molar-refractivity contribution in [2.75, 3.05) is 45.9 Å². The Kier molecular flexibility index (Phi) is 6.46. The smallest absolute Gasteiger partial charge is 0.409 e. The second kappa shape index (κ2) is 9.41. The van der Waals surface area contributed by atoms with Crippen LogP contribution in [0, 0.1) is 0 Å². The van der Waals surface area contributed by atoms with Gasteiger partial charge in [0, 0.05) is 57.7 Å². The van der Waals surface area contributed by atoms with Crippen LogP contribution in [0.15, 0.2) is 42.7 Å². The first-order valence-corrected chi connectivity index (χ1v) is 10.7. The third kappa shape index (κ3) is 4.97. The average molecular weight is 398 g/mol. The molecular formula is C22H31N5O2. The summed E-state index contributed by atoms with van der Waals surface area (Å²) in [6, 6.07) is 11.2. The Balaban J connectivity index is 1.28. The van der Waals surface area contributed by atoms with Gasteiger partial charge in [-0.2, -0.15) is 5.10 Å². The lowest BCUT2D eigenvalue weighted by Gasteiger charge is -2.43. The van der Waals surface area contributed by atoms with Gasteiger partial charge in [-0.15, -0.1) is 0 Å². The number of benzene rings is 1. The largest absolute Gasteiger partial charge is 0.450 e. The van der Waals surface area contributed by atoms with Gasteiger partial charge in [0.25, 0.3) is 0 Å². The van der Waals surface area contributed by atoms with E-state index in [1.165, 1.54) is 18.4 Å². The van der Waals surface area contributed by atoms with Crippen LogP contribution in [-0.2, 0) is 11.3 Å². The topological polar surface area (TPSA) is 53.8 Å². The maximum absolute atomic E-state index is 11.9. The van der Waals surface area contributed by atoms with Crippen molar-refractivity contribution in [2.24, 2.45) is 0 Å². The fraction of sp³-hybridized carbons (Fsp3) is 0.545. The van der Waals surface area contributed by atoms with Crippen LogP contribution in [0.2, 0.25) is 0 Å². The molecule has 2 aromatic rings. The molecule has 0 saturated carbocycles. The molecule has 0 N–H and O–H groups in total. The monoisotopic (exact) mass is 397 g/mol. The Bertz CT molecular complexity index is 769. The minimum atomic E-state index is -0.170. The van der Waals surface area contributed by atoms with Crippen molar-refractivity contribution in [2.45, 2.75) is 32.4 Å². The molecule has 2 fully saturated rings. The highest BCUT2D eigenvalue weighted by Crippen LogP contribution is 2.20. The highest BCUT2D eigenvalue weighted by Gasteiger charge is 2.29. The van der Waals surface area contributed by atoms with E-state index >= 15 is 0 Å². The van der Waals surface area contributed by atoms with Gasteiger partial charge in [0.1, 0.15) is 0 Å². The van der Waals surface area contributed by atoms with Gasteiger partial charge in [-0.25, -0.2) is 9.48 Å². The molecule has 2 aliphatic rings. The van der Waals surface area contributed by atoms with E-state index in [2.05, 4.69) is 39.2 Å². The van der Waals surface area contributed by atoms with E-state index in [4.69, 9.17) is 4.74 Å². The summed E-state index contributed by atoms with van der Waals surface area (Å²) in [5, 5.41) is 4.29. The number of piperidine rings is 1. The van der Waals surface area contributed by atoms with E-state index in [0.717, 1.165) is 51.5 Å². The van der Waals surface area contributed by atoms with Crippen molar-refractivity contribution in [3.63, 3.8) is 0 Å². The number of rotatable bonds is 5. The van der Waals surface area contributed by atoms with Crippen LogP contribution in [-0.4, -0.2) is 82.5 Å². The molecule has 1 atom stereocenters. The summed E-state index contributed by atoms with van der Waals surface area (Å²) in [6.45, 7) is 8.95. The zero-order chi connectivity index (χ0) is 20.1. The highest BCUT2D eigenvalue weighted by atomic mass is 16.6. The van der Waals surface area contributed by atoms with E-state index in [9.17, 15) is 4.79 Å². The number of ether oxygens (including phenoxy) is 1. The van der Waals surface area contributed by atoms with Gasteiger partial charge in [-0.3, -0.25) is 9.80 Å². The SMILES string of the molecule is CCOC(=O)N1CCN(C2CCCN(Cc3ccc(-n4cccn4)cc3)C2)CC1. The number of amides is 1. The molecule has 0 spiro atoms. The van der Waals surface area contributed by atoms with E-state index in [-0.39, 0.29) is 6.09 Å². The molecule has 1 unspecified atom stereocenters. The summed E-state index contributed by atoms with van der Waals surface area (Å²) in [5.41, 5.74) is 2.43. The lowest BCUT2D eigenvalue weighted by atomic mass is 10.0. The molecule has 0 radical (unpaired) electrons. The number of hydrogen-bond acceptors (Lipinski definition) is 5. The van der Waals surface area contributed by atoms with Crippen LogP contribution in [0.1, 0.15) is 25.3 Å². The first-order chi connectivity index (χ1) is 14.2. The Morgan fingerprint density at radius 1 is 1.14 bits per heavy atom. The maximum atomic E-state index is 11.9. The quantitative estimate of drug-likeness (QED) is 0.776. The minimum absolute atomic E-state index is 0.170. The molecule has 0 bridgehead atoms. The molecule has 1 amide bonds. The number of carbonyl (C=O) groups is 1.